The van der Waals surface area contributed by atoms with Gasteiger partial charge in [0.15, 0.2) is 0 Å². The van der Waals surface area contributed by atoms with E-state index in [2.05, 4.69) is 13.8 Å². The van der Waals surface area contributed by atoms with Gasteiger partial charge in [-0.05, 0) is 31.1 Å². The van der Waals surface area contributed by atoms with E-state index in [9.17, 15) is 9.59 Å². The molecule has 2 nitrogen and oxygen atoms in total. The van der Waals surface area contributed by atoms with E-state index in [4.69, 9.17) is 0 Å². The summed E-state index contributed by atoms with van der Waals surface area (Å²) in [6, 6.07) is 0. The van der Waals surface area contributed by atoms with E-state index in [-0.39, 0.29) is 0 Å². The monoisotopic (exact) mass is 210 g/mol. The summed E-state index contributed by atoms with van der Waals surface area (Å²) in [6.07, 6.45) is 8.23. The average Bonchev–Trinajstić information content (AvgIpc) is 2.27. The Labute approximate surface area is 92.4 Å². The van der Waals surface area contributed by atoms with Crippen molar-refractivity contribution in [3.05, 3.63) is 0 Å². The van der Waals surface area contributed by atoms with Gasteiger partial charge in [-0.15, -0.1) is 0 Å². The molecule has 0 atom stereocenters. The highest BCUT2D eigenvalue weighted by Gasteiger charge is 2.39. The third-order valence-corrected chi connectivity index (χ3v) is 3.57. The zero-order chi connectivity index (χ0) is 11.3. The maximum absolute atomic E-state index is 11.3. The second-order valence-electron chi connectivity index (χ2n) is 5.28. The van der Waals surface area contributed by atoms with Crippen LogP contribution in [0.1, 0.15) is 52.4 Å². The topological polar surface area (TPSA) is 34.1 Å². The Morgan fingerprint density at radius 3 is 2.07 bits per heavy atom. The van der Waals surface area contributed by atoms with Gasteiger partial charge in [0, 0.05) is 0 Å². The quantitative estimate of drug-likeness (QED) is 0.516. The summed E-state index contributed by atoms with van der Waals surface area (Å²) in [7, 11) is 0. The van der Waals surface area contributed by atoms with Crippen molar-refractivity contribution in [2.45, 2.75) is 52.4 Å². The molecule has 0 spiro atoms. The molecule has 0 aromatic carbocycles. The second-order valence-corrected chi connectivity index (χ2v) is 5.28. The van der Waals surface area contributed by atoms with Crippen LogP contribution >= 0.6 is 0 Å². The van der Waals surface area contributed by atoms with Gasteiger partial charge in [0.05, 0.1) is 5.41 Å². The summed E-state index contributed by atoms with van der Waals surface area (Å²) in [6.45, 7) is 4.15. The Balaban J connectivity index is 2.77. The molecule has 1 aliphatic carbocycles. The summed E-state index contributed by atoms with van der Waals surface area (Å²) < 4.78 is 0. The average molecular weight is 210 g/mol. The lowest BCUT2D eigenvalue weighted by atomic mass is 9.67. The van der Waals surface area contributed by atoms with E-state index in [0.29, 0.717) is 18.3 Å². The molecule has 1 fully saturated rings. The molecule has 0 N–H and O–H groups in total. The van der Waals surface area contributed by atoms with Crippen LogP contribution in [0.25, 0.3) is 0 Å². The lowest BCUT2D eigenvalue weighted by Crippen LogP contribution is -2.36. The molecule has 0 unspecified atom stereocenters. The minimum Gasteiger partial charge on any atom is -0.302 e. The van der Waals surface area contributed by atoms with Gasteiger partial charge in [-0.3, -0.25) is 0 Å². The largest absolute Gasteiger partial charge is 0.302 e. The third kappa shape index (κ3) is 2.90. The molecule has 0 aromatic rings. The smallest absolute Gasteiger partial charge is 0.133 e. The number of carbonyl (C=O) groups is 2. The predicted octanol–water partition coefficient (Wildman–Crippen LogP) is 3.00. The van der Waals surface area contributed by atoms with E-state index in [1.54, 1.807) is 0 Å². The van der Waals surface area contributed by atoms with Crippen LogP contribution in [-0.4, -0.2) is 12.6 Å². The first-order valence-corrected chi connectivity index (χ1v) is 6.07. The van der Waals surface area contributed by atoms with Crippen molar-refractivity contribution >= 4 is 12.6 Å². The number of rotatable bonds is 5. The molecule has 0 aliphatic heterocycles. The van der Waals surface area contributed by atoms with Gasteiger partial charge in [-0.2, -0.15) is 0 Å². The molecular weight excluding hydrogens is 188 g/mol. The van der Waals surface area contributed by atoms with Crippen LogP contribution in [0.15, 0.2) is 0 Å². The highest BCUT2D eigenvalue weighted by Crippen LogP contribution is 2.40. The highest BCUT2D eigenvalue weighted by atomic mass is 16.1. The van der Waals surface area contributed by atoms with Crippen molar-refractivity contribution < 1.29 is 9.59 Å². The molecular formula is C13H22O2. The van der Waals surface area contributed by atoms with E-state index in [0.717, 1.165) is 25.4 Å². The molecule has 0 saturated heterocycles. The maximum atomic E-state index is 11.3. The molecule has 0 aromatic heterocycles. The van der Waals surface area contributed by atoms with Crippen molar-refractivity contribution in [1.29, 1.82) is 0 Å². The minimum atomic E-state index is -0.686. The maximum Gasteiger partial charge on any atom is 0.133 e. The van der Waals surface area contributed by atoms with Crippen LogP contribution in [0.2, 0.25) is 0 Å². The molecule has 0 amide bonds. The standard InChI is InChI=1S/C13H22O2/c1-11(2)8-13(9-14,10-15)12-6-4-3-5-7-12/h9-12H,3-8H2,1-2H3. The van der Waals surface area contributed by atoms with Gasteiger partial charge in [0.2, 0.25) is 0 Å². The molecule has 0 heterocycles. The number of aldehydes is 2. The molecule has 86 valence electrons. The molecule has 1 rings (SSSR count). The minimum absolute atomic E-state index is 0.295. The molecule has 1 aliphatic rings. The fourth-order valence-corrected chi connectivity index (χ4v) is 2.83. The zero-order valence-corrected chi connectivity index (χ0v) is 9.87. The van der Waals surface area contributed by atoms with Crippen LogP contribution < -0.4 is 0 Å². The van der Waals surface area contributed by atoms with Gasteiger partial charge < -0.3 is 9.59 Å². The highest BCUT2D eigenvalue weighted by molar-refractivity contribution is 5.84. The van der Waals surface area contributed by atoms with E-state index in [1.165, 1.54) is 19.3 Å². The van der Waals surface area contributed by atoms with Crippen LogP contribution in [-0.2, 0) is 9.59 Å². The summed E-state index contributed by atoms with van der Waals surface area (Å²) in [5.41, 5.74) is -0.686. The van der Waals surface area contributed by atoms with Crippen LogP contribution in [0.5, 0.6) is 0 Å². The molecule has 0 radical (unpaired) electrons. The molecule has 2 heteroatoms. The van der Waals surface area contributed by atoms with Crippen LogP contribution in [0, 0.1) is 17.3 Å². The number of carbonyl (C=O) groups excluding carboxylic acids is 2. The SMILES string of the molecule is CC(C)CC(C=O)(C=O)C1CCCCC1. The van der Waals surface area contributed by atoms with Gasteiger partial charge in [-0.1, -0.05) is 33.1 Å². The molecule has 0 bridgehead atoms. The Hall–Kier alpha value is -0.660. The van der Waals surface area contributed by atoms with Gasteiger partial charge in [-0.25, -0.2) is 0 Å². The fourth-order valence-electron chi connectivity index (χ4n) is 2.83. The first-order valence-electron chi connectivity index (χ1n) is 6.07. The van der Waals surface area contributed by atoms with Crippen molar-refractivity contribution in [3.63, 3.8) is 0 Å². The van der Waals surface area contributed by atoms with E-state index in [1.807, 2.05) is 0 Å². The fraction of sp³-hybridized carbons (Fsp3) is 0.846. The van der Waals surface area contributed by atoms with E-state index >= 15 is 0 Å². The van der Waals surface area contributed by atoms with Crippen LogP contribution in [0.3, 0.4) is 0 Å². The molecule has 15 heavy (non-hydrogen) atoms. The first-order chi connectivity index (χ1) is 7.14. The summed E-state index contributed by atoms with van der Waals surface area (Å²) in [5, 5.41) is 0. The van der Waals surface area contributed by atoms with Crippen molar-refractivity contribution in [3.8, 4) is 0 Å². The van der Waals surface area contributed by atoms with Crippen molar-refractivity contribution in [2.75, 3.05) is 0 Å². The third-order valence-electron chi connectivity index (χ3n) is 3.57. The summed E-state index contributed by atoms with van der Waals surface area (Å²) in [5.74, 6) is 0.700. The Kier molecular flexibility index (Phi) is 4.49. The second kappa shape index (κ2) is 5.43. The molecule has 1 saturated carbocycles. The van der Waals surface area contributed by atoms with E-state index < -0.39 is 5.41 Å². The summed E-state index contributed by atoms with van der Waals surface area (Å²) >= 11 is 0. The lowest BCUT2D eigenvalue weighted by molar-refractivity contribution is -0.132. The van der Waals surface area contributed by atoms with Gasteiger partial charge in [0.1, 0.15) is 12.6 Å². The van der Waals surface area contributed by atoms with Crippen molar-refractivity contribution in [2.24, 2.45) is 17.3 Å². The Morgan fingerprint density at radius 2 is 1.67 bits per heavy atom. The first kappa shape index (κ1) is 12.4. The zero-order valence-electron chi connectivity index (χ0n) is 9.87. The summed E-state index contributed by atoms with van der Waals surface area (Å²) in [4.78, 5) is 22.5. The number of hydrogen-bond donors (Lipinski definition) is 0. The van der Waals surface area contributed by atoms with Crippen molar-refractivity contribution in [1.82, 2.24) is 0 Å². The van der Waals surface area contributed by atoms with Gasteiger partial charge in [0.25, 0.3) is 0 Å². The number of hydrogen-bond acceptors (Lipinski definition) is 2. The predicted molar refractivity (Wildman–Crippen MR) is 60.6 cm³/mol. The van der Waals surface area contributed by atoms with Crippen LogP contribution in [0.4, 0.5) is 0 Å². The Morgan fingerprint density at radius 1 is 1.13 bits per heavy atom. The van der Waals surface area contributed by atoms with Gasteiger partial charge >= 0.3 is 0 Å². The Bertz CT molecular complexity index is 207. The lowest BCUT2D eigenvalue weighted by Gasteiger charge is -2.35. The normalized spacial score (nSPS) is 19.1.